The van der Waals surface area contributed by atoms with Crippen LogP contribution in [0.1, 0.15) is 29.9 Å². The second-order valence-electron chi connectivity index (χ2n) is 6.90. The number of hydrogen-bond acceptors (Lipinski definition) is 4. The molecule has 5 nitrogen and oxygen atoms in total. The minimum atomic E-state index is -0.513. The van der Waals surface area contributed by atoms with Crippen molar-refractivity contribution in [1.29, 1.82) is 0 Å². The van der Waals surface area contributed by atoms with Gasteiger partial charge in [-0.1, -0.05) is 36.4 Å². The lowest BCUT2D eigenvalue weighted by atomic mass is 9.87. The van der Waals surface area contributed by atoms with Crippen LogP contribution in [0.25, 0.3) is 0 Å². The van der Waals surface area contributed by atoms with Crippen LogP contribution in [0.3, 0.4) is 0 Å². The SMILES string of the molecule is O=C(CCc1ccc2c(c1)OCO2)N1CC[C@H](c2ccccc2)[C@H](O)C1. The Morgan fingerprint density at radius 2 is 1.92 bits per heavy atom. The summed E-state index contributed by atoms with van der Waals surface area (Å²) in [6.07, 6.45) is 1.37. The van der Waals surface area contributed by atoms with Crippen LogP contribution < -0.4 is 9.47 Å². The molecule has 1 saturated heterocycles. The molecule has 2 aromatic rings. The summed E-state index contributed by atoms with van der Waals surface area (Å²) >= 11 is 0. The van der Waals surface area contributed by atoms with E-state index in [1.54, 1.807) is 4.90 Å². The van der Waals surface area contributed by atoms with E-state index in [9.17, 15) is 9.90 Å². The summed E-state index contributed by atoms with van der Waals surface area (Å²) in [5.41, 5.74) is 2.20. The van der Waals surface area contributed by atoms with E-state index in [4.69, 9.17) is 9.47 Å². The number of nitrogens with zero attached hydrogens (tertiary/aromatic N) is 1. The molecular formula is C21H23NO4. The topological polar surface area (TPSA) is 59.0 Å². The van der Waals surface area contributed by atoms with Gasteiger partial charge in [-0.15, -0.1) is 0 Å². The summed E-state index contributed by atoms with van der Waals surface area (Å²) in [6, 6.07) is 15.8. The highest BCUT2D eigenvalue weighted by Gasteiger charge is 2.30. The number of aliphatic hydroxyl groups excluding tert-OH is 1. The highest BCUT2D eigenvalue weighted by atomic mass is 16.7. The van der Waals surface area contributed by atoms with Crippen molar-refractivity contribution in [2.45, 2.75) is 31.3 Å². The molecule has 4 rings (SSSR count). The molecule has 26 heavy (non-hydrogen) atoms. The Labute approximate surface area is 153 Å². The number of rotatable bonds is 4. The van der Waals surface area contributed by atoms with E-state index >= 15 is 0 Å². The maximum Gasteiger partial charge on any atom is 0.231 e. The zero-order valence-corrected chi connectivity index (χ0v) is 14.6. The van der Waals surface area contributed by atoms with Crippen LogP contribution in [0.15, 0.2) is 48.5 Å². The third kappa shape index (κ3) is 3.53. The first-order valence-corrected chi connectivity index (χ1v) is 9.10. The highest BCUT2D eigenvalue weighted by molar-refractivity contribution is 5.76. The molecule has 2 atom stereocenters. The molecule has 2 aliphatic heterocycles. The summed E-state index contributed by atoms with van der Waals surface area (Å²) in [4.78, 5) is 14.3. The van der Waals surface area contributed by atoms with E-state index in [0.717, 1.165) is 29.0 Å². The van der Waals surface area contributed by atoms with Gasteiger partial charge in [0.1, 0.15) is 0 Å². The monoisotopic (exact) mass is 353 g/mol. The molecule has 0 aromatic heterocycles. The molecule has 0 aliphatic carbocycles. The quantitative estimate of drug-likeness (QED) is 0.918. The zero-order valence-electron chi connectivity index (χ0n) is 14.6. The molecule has 2 heterocycles. The molecule has 2 aliphatic rings. The van der Waals surface area contributed by atoms with Crippen LogP contribution in [0.2, 0.25) is 0 Å². The fourth-order valence-electron chi connectivity index (χ4n) is 3.75. The minimum absolute atomic E-state index is 0.0910. The Hall–Kier alpha value is -2.53. The molecule has 1 fully saturated rings. The molecule has 0 spiro atoms. The lowest BCUT2D eigenvalue weighted by molar-refractivity contribution is -0.134. The Morgan fingerprint density at radius 1 is 1.12 bits per heavy atom. The predicted octanol–water partition coefficient (Wildman–Crippen LogP) is 2.72. The van der Waals surface area contributed by atoms with Gasteiger partial charge in [-0.25, -0.2) is 0 Å². The molecule has 0 saturated carbocycles. The summed E-state index contributed by atoms with van der Waals surface area (Å²) in [5.74, 6) is 1.70. The fraction of sp³-hybridized carbons (Fsp3) is 0.381. The first-order chi connectivity index (χ1) is 12.7. The highest BCUT2D eigenvalue weighted by Crippen LogP contribution is 2.33. The first-order valence-electron chi connectivity index (χ1n) is 9.10. The number of benzene rings is 2. The van der Waals surface area contributed by atoms with Gasteiger partial charge in [0.2, 0.25) is 12.7 Å². The van der Waals surface area contributed by atoms with Crippen molar-refractivity contribution in [2.24, 2.45) is 0 Å². The lowest BCUT2D eigenvalue weighted by Gasteiger charge is -2.36. The average molecular weight is 353 g/mol. The molecule has 5 heteroatoms. The minimum Gasteiger partial charge on any atom is -0.454 e. The third-order valence-electron chi connectivity index (χ3n) is 5.23. The van der Waals surface area contributed by atoms with Crippen molar-refractivity contribution >= 4 is 5.91 Å². The van der Waals surface area contributed by atoms with Gasteiger partial charge >= 0.3 is 0 Å². The standard InChI is InChI=1S/C21H23NO4/c23-18-13-22(11-10-17(18)16-4-2-1-3-5-16)21(24)9-7-15-6-8-19-20(12-15)26-14-25-19/h1-6,8,12,17-18,23H,7,9-11,13-14H2/t17-,18-/m1/s1. The Balaban J connectivity index is 1.32. The lowest BCUT2D eigenvalue weighted by Crippen LogP contribution is -2.45. The van der Waals surface area contributed by atoms with Crippen LogP contribution in [-0.4, -0.2) is 41.9 Å². The van der Waals surface area contributed by atoms with Crippen molar-refractivity contribution in [2.75, 3.05) is 19.9 Å². The molecule has 2 aromatic carbocycles. The number of aliphatic hydroxyl groups is 1. The van der Waals surface area contributed by atoms with Crippen molar-refractivity contribution in [3.8, 4) is 11.5 Å². The summed E-state index contributed by atoms with van der Waals surface area (Å²) < 4.78 is 10.7. The van der Waals surface area contributed by atoms with E-state index in [0.29, 0.717) is 25.9 Å². The second kappa shape index (κ2) is 7.38. The number of β-amino-alcohol motifs (C(OH)–C–C–N with tert-alkyl or cyclic N) is 1. The van der Waals surface area contributed by atoms with E-state index in [2.05, 4.69) is 0 Å². The first kappa shape index (κ1) is 16.9. The van der Waals surface area contributed by atoms with Crippen LogP contribution in [0.5, 0.6) is 11.5 Å². The maximum atomic E-state index is 12.6. The summed E-state index contributed by atoms with van der Waals surface area (Å²) in [5, 5.41) is 10.5. The van der Waals surface area contributed by atoms with Crippen molar-refractivity contribution in [3.63, 3.8) is 0 Å². The number of fused-ring (bicyclic) bond motifs is 1. The van der Waals surface area contributed by atoms with Gasteiger partial charge in [-0.2, -0.15) is 0 Å². The predicted molar refractivity (Wildman–Crippen MR) is 97.3 cm³/mol. The Kier molecular flexibility index (Phi) is 4.80. The van der Waals surface area contributed by atoms with Crippen LogP contribution >= 0.6 is 0 Å². The van der Waals surface area contributed by atoms with Gasteiger partial charge in [-0.05, 0) is 36.1 Å². The van der Waals surface area contributed by atoms with E-state index in [1.807, 2.05) is 48.5 Å². The molecule has 0 bridgehead atoms. The van der Waals surface area contributed by atoms with Crippen molar-refractivity contribution in [3.05, 3.63) is 59.7 Å². The Morgan fingerprint density at radius 3 is 2.73 bits per heavy atom. The molecule has 0 radical (unpaired) electrons. The largest absolute Gasteiger partial charge is 0.454 e. The van der Waals surface area contributed by atoms with Crippen molar-refractivity contribution in [1.82, 2.24) is 4.90 Å². The maximum absolute atomic E-state index is 12.6. The molecule has 1 amide bonds. The number of amides is 1. The molecule has 136 valence electrons. The number of hydrogen-bond donors (Lipinski definition) is 1. The van der Waals surface area contributed by atoms with Gasteiger partial charge in [0.05, 0.1) is 6.10 Å². The molecule has 1 N–H and O–H groups in total. The second-order valence-corrected chi connectivity index (χ2v) is 6.90. The average Bonchev–Trinajstić information content (AvgIpc) is 3.14. The number of carbonyl (C=O) groups is 1. The smallest absolute Gasteiger partial charge is 0.231 e. The number of likely N-dealkylation sites (tertiary alicyclic amines) is 1. The van der Waals surface area contributed by atoms with Crippen LogP contribution in [0, 0.1) is 0 Å². The zero-order chi connectivity index (χ0) is 17.9. The van der Waals surface area contributed by atoms with Gasteiger partial charge in [0, 0.05) is 25.4 Å². The van der Waals surface area contributed by atoms with E-state index in [1.165, 1.54) is 0 Å². The normalized spacial score (nSPS) is 21.7. The van der Waals surface area contributed by atoms with Gasteiger partial charge in [0.25, 0.3) is 0 Å². The van der Waals surface area contributed by atoms with Gasteiger partial charge in [-0.3, -0.25) is 4.79 Å². The summed E-state index contributed by atoms with van der Waals surface area (Å²) in [7, 11) is 0. The molecular weight excluding hydrogens is 330 g/mol. The third-order valence-corrected chi connectivity index (χ3v) is 5.23. The van der Waals surface area contributed by atoms with Crippen LogP contribution in [0.4, 0.5) is 0 Å². The Bertz CT molecular complexity index is 777. The number of aryl methyl sites for hydroxylation is 1. The molecule has 0 unspecified atom stereocenters. The van der Waals surface area contributed by atoms with E-state index in [-0.39, 0.29) is 18.6 Å². The fourth-order valence-corrected chi connectivity index (χ4v) is 3.75. The number of ether oxygens (including phenoxy) is 2. The number of carbonyl (C=O) groups excluding carboxylic acids is 1. The number of piperidine rings is 1. The van der Waals surface area contributed by atoms with Crippen LogP contribution in [-0.2, 0) is 11.2 Å². The van der Waals surface area contributed by atoms with Crippen molar-refractivity contribution < 1.29 is 19.4 Å². The van der Waals surface area contributed by atoms with Gasteiger partial charge in [0.15, 0.2) is 11.5 Å². The van der Waals surface area contributed by atoms with Gasteiger partial charge < -0.3 is 19.5 Å². The van der Waals surface area contributed by atoms with E-state index < -0.39 is 6.10 Å². The summed E-state index contributed by atoms with van der Waals surface area (Å²) in [6.45, 7) is 1.35.